The molecule has 0 aromatic heterocycles. The molecule has 1 atom stereocenters. The summed E-state index contributed by atoms with van der Waals surface area (Å²) in [5, 5.41) is 11.2. The van der Waals surface area contributed by atoms with Gasteiger partial charge in [-0.05, 0) is 36.8 Å². The molecule has 0 bridgehead atoms. The van der Waals surface area contributed by atoms with Crippen LogP contribution in [-0.2, 0) is 9.59 Å². The van der Waals surface area contributed by atoms with Crippen LogP contribution in [0.15, 0.2) is 78.4 Å². The van der Waals surface area contributed by atoms with Gasteiger partial charge < -0.3 is 14.6 Å². The van der Waals surface area contributed by atoms with Crippen LogP contribution in [0, 0.1) is 6.92 Å². The molecule has 32 heavy (non-hydrogen) atoms. The first-order valence-electron chi connectivity index (χ1n) is 10.1. The third kappa shape index (κ3) is 3.71. The molecule has 1 unspecified atom stereocenters. The van der Waals surface area contributed by atoms with E-state index in [0.717, 1.165) is 11.1 Å². The van der Waals surface area contributed by atoms with Crippen molar-refractivity contribution in [2.75, 3.05) is 19.1 Å². The zero-order valence-corrected chi connectivity index (χ0v) is 18.0. The summed E-state index contributed by atoms with van der Waals surface area (Å²) in [6.45, 7) is 1.93. The van der Waals surface area contributed by atoms with Gasteiger partial charge in [-0.3, -0.25) is 14.5 Å². The number of amides is 1. The van der Waals surface area contributed by atoms with E-state index in [1.54, 1.807) is 48.5 Å². The molecule has 1 amide bonds. The van der Waals surface area contributed by atoms with Crippen molar-refractivity contribution in [2.24, 2.45) is 0 Å². The van der Waals surface area contributed by atoms with Gasteiger partial charge in [-0.15, -0.1) is 0 Å². The number of aliphatic hydroxyl groups is 1. The topological polar surface area (TPSA) is 76.1 Å². The Hall–Kier alpha value is -4.06. The third-order valence-electron chi connectivity index (χ3n) is 5.48. The molecule has 0 saturated carbocycles. The maximum atomic E-state index is 13.2. The van der Waals surface area contributed by atoms with Gasteiger partial charge in [-0.25, -0.2) is 0 Å². The number of aliphatic hydroxyl groups excluding tert-OH is 1. The number of anilines is 1. The second-order valence-corrected chi connectivity index (χ2v) is 7.52. The van der Waals surface area contributed by atoms with Crippen LogP contribution in [0.25, 0.3) is 5.76 Å². The minimum absolute atomic E-state index is 0.0247. The maximum Gasteiger partial charge on any atom is 0.300 e. The Balaban J connectivity index is 1.95. The molecule has 162 valence electrons. The summed E-state index contributed by atoms with van der Waals surface area (Å²) in [5.74, 6) is -0.628. The monoisotopic (exact) mass is 429 g/mol. The molecule has 1 heterocycles. The molecule has 0 spiro atoms. The highest BCUT2D eigenvalue weighted by molar-refractivity contribution is 6.51. The average Bonchev–Trinajstić information content (AvgIpc) is 3.09. The SMILES string of the molecule is COc1cccc(/C(O)=C2\C(=O)C(=O)N(c3cccc(OC)c3)C2c2cccc(C)c2)c1. The number of hydrogen-bond donors (Lipinski definition) is 1. The highest BCUT2D eigenvalue weighted by Crippen LogP contribution is 2.43. The number of methoxy groups -OCH3 is 2. The largest absolute Gasteiger partial charge is 0.507 e. The normalized spacial score (nSPS) is 17.5. The third-order valence-corrected chi connectivity index (χ3v) is 5.48. The van der Waals surface area contributed by atoms with Crippen molar-refractivity contribution in [3.63, 3.8) is 0 Å². The van der Waals surface area contributed by atoms with Gasteiger partial charge in [0.2, 0.25) is 0 Å². The molecule has 6 heteroatoms. The van der Waals surface area contributed by atoms with E-state index >= 15 is 0 Å². The molecule has 6 nitrogen and oxygen atoms in total. The average molecular weight is 429 g/mol. The molecule has 3 aromatic rings. The molecule has 4 rings (SSSR count). The number of rotatable bonds is 5. The number of benzene rings is 3. The van der Waals surface area contributed by atoms with Crippen LogP contribution >= 0.6 is 0 Å². The van der Waals surface area contributed by atoms with Crippen molar-refractivity contribution in [1.82, 2.24) is 0 Å². The van der Waals surface area contributed by atoms with Gasteiger partial charge in [0.15, 0.2) is 0 Å². The fourth-order valence-corrected chi connectivity index (χ4v) is 3.94. The van der Waals surface area contributed by atoms with Crippen molar-refractivity contribution in [1.29, 1.82) is 0 Å². The van der Waals surface area contributed by atoms with Crippen LogP contribution in [0.2, 0.25) is 0 Å². The summed E-state index contributed by atoms with van der Waals surface area (Å²) in [6.07, 6.45) is 0. The molecule has 1 saturated heterocycles. The highest BCUT2D eigenvalue weighted by Gasteiger charge is 2.47. The lowest BCUT2D eigenvalue weighted by atomic mass is 9.94. The predicted octanol–water partition coefficient (Wildman–Crippen LogP) is 4.64. The maximum absolute atomic E-state index is 13.2. The van der Waals surface area contributed by atoms with Crippen molar-refractivity contribution in [3.05, 3.63) is 95.1 Å². The van der Waals surface area contributed by atoms with E-state index in [-0.39, 0.29) is 11.3 Å². The summed E-state index contributed by atoms with van der Waals surface area (Å²) in [6, 6.07) is 20.4. The Morgan fingerprint density at radius 3 is 2.22 bits per heavy atom. The highest BCUT2D eigenvalue weighted by atomic mass is 16.5. The van der Waals surface area contributed by atoms with Crippen LogP contribution in [0.1, 0.15) is 22.7 Å². The van der Waals surface area contributed by atoms with E-state index in [1.807, 2.05) is 31.2 Å². The zero-order valence-electron chi connectivity index (χ0n) is 18.0. The molecular formula is C26H23NO5. The van der Waals surface area contributed by atoms with Gasteiger partial charge in [0.1, 0.15) is 17.3 Å². The van der Waals surface area contributed by atoms with Crippen LogP contribution in [-0.4, -0.2) is 31.0 Å². The standard InChI is InChI=1S/C26H23NO5/c1-16-7-4-8-17(13-16)23-22(24(28)18-9-5-11-20(14-18)31-2)25(29)26(30)27(23)19-10-6-12-21(15-19)32-3/h4-15,23,28H,1-3H3/b24-22+. The number of ether oxygens (including phenoxy) is 2. The van der Waals surface area contributed by atoms with Gasteiger partial charge in [0.05, 0.1) is 25.8 Å². The molecule has 0 aliphatic carbocycles. The first-order chi connectivity index (χ1) is 15.4. The number of carbonyl (C=O) groups is 2. The Labute approximate surface area is 186 Å². The lowest BCUT2D eigenvalue weighted by molar-refractivity contribution is -0.132. The Bertz CT molecular complexity index is 1230. The second-order valence-electron chi connectivity index (χ2n) is 7.52. The molecule has 3 aromatic carbocycles. The second kappa shape index (κ2) is 8.59. The number of ketones is 1. The lowest BCUT2D eigenvalue weighted by Crippen LogP contribution is -2.29. The van der Waals surface area contributed by atoms with Gasteiger partial charge in [0, 0.05) is 17.3 Å². The van der Waals surface area contributed by atoms with E-state index in [9.17, 15) is 14.7 Å². The van der Waals surface area contributed by atoms with Crippen molar-refractivity contribution < 1.29 is 24.2 Å². The molecule has 1 aliphatic rings. The number of aryl methyl sites for hydroxylation is 1. The van der Waals surface area contributed by atoms with Gasteiger partial charge in [-0.1, -0.05) is 48.0 Å². The number of Topliss-reactive ketones (excluding diaryl/α,β-unsaturated/α-hetero) is 1. The molecular weight excluding hydrogens is 406 g/mol. The first-order valence-corrected chi connectivity index (χ1v) is 10.1. The minimum atomic E-state index is -0.798. The Kier molecular flexibility index (Phi) is 5.69. The Morgan fingerprint density at radius 1 is 0.875 bits per heavy atom. The Morgan fingerprint density at radius 2 is 1.53 bits per heavy atom. The van der Waals surface area contributed by atoms with Crippen LogP contribution in [0.5, 0.6) is 11.5 Å². The van der Waals surface area contributed by atoms with Crippen molar-refractivity contribution >= 4 is 23.1 Å². The van der Waals surface area contributed by atoms with Gasteiger partial charge >= 0.3 is 0 Å². The van der Waals surface area contributed by atoms with E-state index in [2.05, 4.69) is 0 Å². The molecule has 1 fully saturated rings. The fourth-order valence-electron chi connectivity index (χ4n) is 3.94. The number of hydrogen-bond acceptors (Lipinski definition) is 5. The fraction of sp³-hybridized carbons (Fsp3) is 0.154. The van der Waals surface area contributed by atoms with E-state index in [4.69, 9.17) is 9.47 Å². The summed E-state index contributed by atoms with van der Waals surface area (Å²) in [7, 11) is 3.06. The number of nitrogens with zero attached hydrogens (tertiary/aromatic N) is 1. The minimum Gasteiger partial charge on any atom is -0.507 e. The van der Waals surface area contributed by atoms with E-state index < -0.39 is 17.7 Å². The first kappa shape index (κ1) is 21.2. The van der Waals surface area contributed by atoms with Gasteiger partial charge in [0.25, 0.3) is 11.7 Å². The molecule has 0 radical (unpaired) electrons. The summed E-state index contributed by atoms with van der Waals surface area (Å²) in [4.78, 5) is 27.8. The lowest BCUT2D eigenvalue weighted by Gasteiger charge is -2.26. The summed E-state index contributed by atoms with van der Waals surface area (Å²) < 4.78 is 10.6. The van der Waals surface area contributed by atoms with Crippen molar-refractivity contribution in [3.8, 4) is 11.5 Å². The molecule has 1 N–H and O–H groups in total. The van der Waals surface area contributed by atoms with Crippen LogP contribution in [0.4, 0.5) is 5.69 Å². The van der Waals surface area contributed by atoms with Crippen LogP contribution in [0.3, 0.4) is 0 Å². The summed E-state index contributed by atoms with van der Waals surface area (Å²) in [5.41, 5.74) is 2.61. The van der Waals surface area contributed by atoms with Gasteiger partial charge in [-0.2, -0.15) is 0 Å². The summed E-state index contributed by atoms with van der Waals surface area (Å²) >= 11 is 0. The smallest absolute Gasteiger partial charge is 0.300 e. The van der Waals surface area contributed by atoms with Crippen LogP contribution < -0.4 is 14.4 Å². The van der Waals surface area contributed by atoms with Crippen molar-refractivity contribution in [2.45, 2.75) is 13.0 Å². The predicted molar refractivity (Wildman–Crippen MR) is 122 cm³/mol. The molecule has 1 aliphatic heterocycles. The van der Waals surface area contributed by atoms with E-state index in [0.29, 0.717) is 22.7 Å². The number of carbonyl (C=O) groups excluding carboxylic acids is 2. The van der Waals surface area contributed by atoms with E-state index in [1.165, 1.54) is 19.1 Å². The zero-order chi connectivity index (χ0) is 22.8. The quantitative estimate of drug-likeness (QED) is 0.363.